The SMILES string of the molecule is CC(C)(C)OCCC1(CCOC(C)(C)C)Sc2c(c(C(O)(c3c4c(c(C(=O)O)c5c3SC(CCOC(C)(C)C)(CCOC(C)(C)C)S5)SC(CCOC(C)(C)C)(CCOC(C)(C)C)S4)c3c4c(c(C(=O)O)c5c3SC(CCOC(C)(C)C)(CCOC(C)(C)C)S5)SC(CCOC(C)(C)C)(CCOC(C)(C)C)S4)c3c(c2C(=O)O)SC(CCOC(C)(C)C)(CCOC(C)(C)C)S3)S1. The van der Waals surface area contributed by atoms with Crippen molar-refractivity contribution in [3.63, 3.8) is 0 Å². The van der Waals surface area contributed by atoms with Crippen molar-refractivity contribution in [2.45, 2.75) is 482 Å². The van der Waals surface area contributed by atoms with Crippen molar-refractivity contribution >= 4 is 159 Å². The zero-order chi connectivity index (χ0) is 98.6. The van der Waals surface area contributed by atoms with E-state index in [0.717, 1.165) is 0 Å². The zero-order valence-corrected chi connectivity index (χ0v) is 95.6. The molecule has 0 aromatic heterocycles. The molecular weight excluding hydrogens is 1890 g/mol. The number of carboxylic acids is 3. The molecule has 6 aliphatic rings. The molecule has 746 valence electrons. The van der Waals surface area contributed by atoms with Gasteiger partial charge >= 0.3 is 17.9 Å². The van der Waals surface area contributed by atoms with Crippen LogP contribution in [-0.4, -0.2) is 209 Å². The molecule has 0 unspecified atom stereocenters. The van der Waals surface area contributed by atoms with Crippen molar-refractivity contribution in [3.05, 3.63) is 33.4 Å². The monoisotopic (exact) mass is 2050 g/mol. The second kappa shape index (κ2) is 42.6. The standard InChI is InChI=1S/C100H160O19S12/c1-82(2,3)108-49-37-94(38-50-109-83(4,5)6)120-67-61(79(101)102)68-74(127-95(121-68,39-51-110-84(7,8)9)40-52-111-85(10,11)12)64(73(67)126-94)100(107,65-75-69(122-96(128-75,41-53-112-86(13,14)15)42-54-113-87(16,17)18)62(80(103)104)70-76(65)129-97(123-70,43-55-114-88(19,20)21)44-56-115-89(22,23)24)66-77-71(124-98(130-77,45-57-116-90(25,26)27)46-58-117-91(28,29)30)63(81(105)106)72-78(66)131-99(125-72,47-59-118-92(31,32)33)48-60-119-93(34,35)36/h107H,37-60H2,1-36H3,(H,101,102)(H,103,104)(H,105,106). The number of carboxylic acid groups (broad SMARTS) is 3. The molecule has 0 bridgehead atoms. The number of aliphatic hydroxyl groups is 1. The smallest absolute Gasteiger partial charge is 0.338 e. The fourth-order valence-corrected chi connectivity index (χ4v) is 36.6. The molecule has 19 nitrogen and oxygen atoms in total. The van der Waals surface area contributed by atoms with Crippen LogP contribution in [0.1, 0.15) is 374 Å². The average molecular weight is 2050 g/mol. The second-order valence-electron chi connectivity index (χ2n) is 47.0. The van der Waals surface area contributed by atoms with Crippen LogP contribution in [0.15, 0.2) is 58.7 Å². The molecule has 6 heterocycles. The summed E-state index contributed by atoms with van der Waals surface area (Å²) in [5, 5.41) is 57.3. The summed E-state index contributed by atoms with van der Waals surface area (Å²) in [6, 6.07) is 0. The lowest BCUT2D eigenvalue weighted by Crippen LogP contribution is -2.35. The van der Waals surface area contributed by atoms with Gasteiger partial charge in [0.1, 0.15) is 5.60 Å². The van der Waals surface area contributed by atoms with Crippen molar-refractivity contribution in [3.8, 4) is 0 Å². The second-order valence-corrected chi connectivity index (χ2v) is 65.3. The lowest BCUT2D eigenvalue weighted by atomic mass is 9.78. The number of hydrogen-bond acceptors (Lipinski definition) is 28. The van der Waals surface area contributed by atoms with Gasteiger partial charge in [0.25, 0.3) is 0 Å². The number of thioether (sulfide) groups is 12. The van der Waals surface area contributed by atoms with Gasteiger partial charge in [-0.3, -0.25) is 0 Å². The highest BCUT2D eigenvalue weighted by Crippen LogP contribution is 2.79. The molecule has 0 saturated carbocycles. The lowest BCUT2D eigenvalue weighted by Gasteiger charge is -2.39. The van der Waals surface area contributed by atoms with Crippen molar-refractivity contribution in [2.24, 2.45) is 0 Å². The molecule has 6 aliphatic heterocycles. The minimum Gasteiger partial charge on any atom is -0.478 e. The molecule has 9 rings (SSSR count). The number of fused-ring (bicyclic) bond motifs is 6. The van der Waals surface area contributed by atoms with Gasteiger partial charge in [0.15, 0.2) is 0 Å². The molecule has 131 heavy (non-hydrogen) atoms. The van der Waals surface area contributed by atoms with Gasteiger partial charge in [-0.2, -0.15) is 0 Å². The zero-order valence-electron chi connectivity index (χ0n) is 85.8. The van der Waals surface area contributed by atoms with Gasteiger partial charge in [-0.05, 0) is 326 Å². The van der Waals surface area contributed by atoms with Crippen molar-refractivity contribution in [1.29, 1.82) is 0 Å². The van der Waals surface area contributed by atoms with Gasteiger partial charge in [0, 0.05) is 155 Å². The van der Waals surface area contributed by atoms with Crippen LogP contribution >= 0.6 is 141 Å². The Labute approximate surface area is 838 Å². The molecule has 0 aliphatic carbocycles. The molecule has 0 amide bonds. The molecule has 3 aromatic carbocycles. The van der Waals surface area contributed by atoms with E-state index in [1.54, 1.807) is 70.6 Å². The van der Waals surface area contributed by atoms with Gasteiger partial charge in [0.2, 0.25) is 0 Å². The molecule has 0 saturated heterocycles. The predicted molar refractivity (Wildman–Crippen MR) is 553 cm³/mol. The summed E-state index contributed by atoms with van der Waals surface area (Å²) in [6.07, 6.45) is 4.75. The van der Waals surface area contributed by atoms with Crippen LogP contribution in [-0.2, 0) is 62.4 Å². The lowest BCUT2D eigenvalue weighted by molar-refractivity contribution is -0.0149. The maximum atomic E-state index is 18.4. The maximum Gasteiger partial charge on any atom is 0.338 e. The highest BCUT2D eigenvalue weighted by atomic mass is 32.2. The van der Waals surface area contributed by atoms with Crippen LogP contribution in [0.4, 0.5) is 0 Å². The Morgan fingerprint density at radius 3 is 0.366 bits per heavy atom. The van der Waals surface area contributed by atoms with Gasteiger partial charge in [-0.25, -0.2) is 14.4 Å². The summed E-state index contributed by atoms with van der Waals surface area (Å²) in [4.78, 5) is 53.6. The third-order valence-electron chi connectivity index (χ3n) is 21.4. The molecule has 0 radical (unpaired) electrons. The fourth-order valence-electron chi connectivity index (χ4n) is 15.6. The molecular formula is C100H160O19S12. The first kappa shape index (κ1) is 114. The molecule has 0 atom stereocenters. The Bertz CT molecular complexity index is 3690. The van der Waals surface area contributed by atoms with Crippen LogP contribution in [0.25, 0.3) is 0 Å². The van der Waals surface area contributed by atoms with E-state index < -0.39 is 115 Å². The number of aromatic carboxylic acids is 3. The third-order valence-corrected chi connectivity index (χ3v) is 41.8. The first-order valence-corrected chi connectivity index (χ1v) is 56.4. The summed E-state index contributed by atoms with van der Waals surface area (Å²) in [7, 11) is 0. The molecule has 0 fully saturated rings. The number of hydrogen-bond donors (Lipinski definition) is 4. The van der Waals surface area contributed by atoms with Crippen molar-refractivity contribution in [2.75, 3.05) is 79.3 Å². The van der Waals surface area contributed by atoms with Crippen molar-refractivity contribution < 1.29 is 91.7 Å². The summed E-state index contributed by atoms with van der Waals surface area (Å²) >= 11 is 18.4. The van der Waals surface area contributed by atoms with E-state index in [1.807, 2.05) is 249 Å². The first-order chi connectivity index (χ1) is 59.5. The summed E-state index contributed by atoms with van der Waals surface area (Å²) in [5.74, 6) is -3.44. The summed E-state index contributed by atoms with van der Waals surface area (Å²) in [6.45, 7) is 76.6. The van der Waals surface area contributed by atoms with Gasteiger partial charge < -0.3 is 77.3 Å². The van der Waals surface area contributed by atoms with Crippen LogP contribution in [0.3, 0.4) is 0 Å². The Kier molecular flexibility index (Phi) is 37.2. The topological polar surface area (TPSA) is 243 Å². The molecule has 31 heteroatoms. The minimum atomic E-state index is -2.61. The first-order valence-electron chi connectivity index (χ1n) is 46.6. The van der Waals surface area contributed by atoms with E-state index in [2.05, 4.69) is 0 Å². The molecule has 4 N–H and O–H groups in total. The Morgan fingerprint density at radius 2 is 0.282 bits per heavy atom. The van der Waals surface area contributed by atoms with Crippen molar-refractivity contribution in [1.82, 2.24) is 0 Å². The average Bonchev–Trinajstić information content (AvgIpc) is 1.52. The van der Waals surface area contributed by atoms with Gasteiger partial charge in [-0.15, -0.1) is 141 Å². The highest BCUT2D eigenvalue weighted by molar-refractivity contribution is 8.23. The fraction of sp³-hybridized carbons (Fsp3) is 0.790. The molecule has 0 spiro atoms. The van der Waals surface area contributed by atoms with E-state index in [1.165, 1.54) is 70.6 Å². The largest absolute Gasteiger partial charge is 0.478 e. The normalized spacial score (nSPS) is 18.5. The van der Waals surface area contributed by atoms with E-state index in [0.29, 0.717) is 152 Å². The van der Waals surface area contributed by atoms with Crippen LogP contribution in [0.5, 0.6) is 0 Å². The summed E-state index contributed by atoms with van der Waals surface area (Å²) < 4.78 is 76.6. The molecule has 3 aromatic rings. The Hall–Kier alpha value is -0.250. The van der Waals surface area contributed by atoms with Gasteiger partial charge in [0.05, 0.1) is 108 Å². The van der Waals surface area contributed by atoms with E-state index >= 15 is 19.5 Å². The quantitative estimate of drug-likeness (QED) is 0.0385. The maximum absolute atomic E-state index is 18.4. The number of carbonyl (C=O) groups is 3. The van der Waals surface area contributed by atoms with Gasteiger partial charge in [-0.1, -0.05) is 0 Å². The van der Waals surface area contributed by atoms with E-state index in [-0.39, 0.29) is 96.0 Å². The van der Waals surface area contributed by atoms with Crippen LogP contribution < -0.4 is 0 Å². The number of rotatable bonds is 42. The number of benzene rings is 3. The predicted octanol–water partition coefficient (Wildman–Crippen LogP) is 28.9. The van der Waals surface area contributed by atoms with Crippen LogP contribution in [0, 0.1) is 0 Å². The van der Waals surface area contributed by atoms with E-state index in [9.17, 15) is 15.3 Å². The minimum absolute atomic E-state index is 0.0988. The number of ether oxygens (including phenoxy) is 12. The summed E-state index contributed by atoms with van der Waals surface area (Å²) in [5.41, 5.74) is -8.11. The van der Waals surface area contributed by atoms with E-state index in [4.69, 9.17) is 56.8 Å². The van der Waals surface area contributed by atoms with Crippen LogP contribution in [0.2, 0.25) is 0 Å². The Morgan fingerprint density at radius 1 is 0.191 bits per heavy atom. The Balaban J connectivity index is 1.67. The third kappa shape index (κ3) is 31.9. The highest BCUT2D eigenvalue weighted by Gasteiger charge is 2.63.